The molecule has 0 unspecified atom stereocenters. The monoisotopic (exact) mass is 381 g/mol. The topological polar surface area (TPSA) is 58.4 Å². The van der Waals surface area contributed by atoms with Crippen LogP contribution in [0, 0.1) is 0 Å². The molecule has 28 heavy (non-hydrogen) atoms. The third-order valence-corrected chi connectivity index (χ3v) is 4.73. The Bertz CT molecular complexity index is 879. The van der Waals surface area contributed by atoms with Crippen molar-refractivity contribution in [3.05, 3.63) is 48.2 Å². The summed E-state index contributed by atoms with van der Waals surface area (Å²) in [5.74, 6) is 1.70. The third kappa shape index (κ3) is 4.27. The van der Waals surface area contributed by atoms with Crippen molar-refractivity contribution in [1.82, 2.24) is 15.0 Å². The molecule has 0 saturated heterocycles. The Morgan fingerprint density at radius 1 is 0.893 bits per heavy atom. The van der Waals surface area contributed by atoms with Gasteiger partial charge in [-0.25, -0.2) is 4.68 Å². The predicted molar refractivity (Wildman–Crippen MR) is 110 cm³/mol. The minimum Gasteiger partial charge on any atom is -0.493 e. The van der Waals surface area contributed by atoms with Crippen LogP contribution in [0.3, 0.4) is 0 Å². The predicted octanol–water partition coefficient (Wildman–Crippen LogP) is 4.69. The van der Waals surface area contributed by atoms with E-state index >= 15 is 0 Å². The summed E-state index contributed by atoms with van der Waals surface area (Å²) in [6.07, 6.45) is 6.75. The average Bonchev–Trinajstić information content (AvgIpc) is 3.23. The molecule has 0 fully saturated rings. The van der Waals surface area contributed by atoms with Crippen molar-refractivity contribution in [2.75, 3.05) is 21.3 Å². The van der Waals surface area contributed by atoms with Gasteiger partial charge in [0.15, 0.2) is 11.5 Å². The van der Waals surface area contributed by atoms with E-state index in [1.54, 1.807) is 26.0 Å². The molecule has 0 bridgehead atoms. The number of hydrogen-bond acceptors (Lipinski definition) is 5. The number of hydrogen-bond donors (Lipinski definition) is 0. The Labute approximate surface area is 166 Å². The van der Waals surface area contributed by atoms with E-state index in [0.717, 1.165) is 23.4 Å². The normalized spacial score (nSPS) is 10.7. The second-order valence-electron chi connectivity index (χ2n) is 6.59. The molecule has 0 spiro atoms. The number of aromatic nitrogens is 3. The first-order chi connectivity index (χ1) is 13.7. The van der Waals surface area contributed by atoms with Gasteiger partial charge in [-0.3, -0.25) is 0 Å². The zero-order valence-electron chi connectivity index (χ0n) is 16.9. The van der Waals surface area contributed by atoms with E-state index in [0.29, 0.717) is 17.2 Å². The minimum absolute atomic E-state index is 0.549. The molecule has 0 aliphatic carbocycles. The molecule has 0 amide bonds. The highest BCUT2D eigenvalue weighted by Crippen LogP contribution is 2.39. The van der Waals surface area contributed by atoms with Gasteiger partial charge < -0.3 is 14.2 Å². The van der Waals surface area contributed by atoms with Crippen LogP contribution < -0.4 is 14.2 Å². The molecule has 0 N–H and O–H groups in total. The molecule has 0 atom stereocenters. The Kier molecular flexibility index (Phi) is 6.53. The largest absolute Gasteiger partial charge is 0.493 e. The molecule has 2 aromatic carbocycles. The maximum atomic E-state index is 5.42. The first-order valence-electron chi connectivity index (χ1n) is 9.52. The molecule has 1 heterocycles. The number of nitrogens with zero attached hydrogens (tertiary/aromatic N) is 3. The van der Waals surface area contributed by atoms with Crippen molar-refractivity contribution in [2.24, 2.45) is 0 Å². The molecule has 6 nitrogen and oxygen atoms in total. The van der Waals surface area contributed by atoms with Crippen LogP contribution in [0.15, 0.2) is 42.6 Å². The highest BCUT2D eigenvalue weighted by Gasteiger charge is 2.15. The van der Waals surface area contributed by atoms with Gasteiger partial charge in [-0.15, -0.1) is 5.10 Å². The lowest BCUT2D eigenvalue weighted by atomic mass is 10.0. The highest BCUT2D eigenvalue weighted by molar-refractivity contribution is 5.61. The van der Waals surface area contributed by atoms with E-state index < -0.39 is 0 Å². The Hall–Kier alpha value is -3.02. The highest BCUT2D eigenvalue weighted by atomic mass is 16.5. The van der Waals surface area contributed by atoms with Crippen LogP contribution in [0.5, 0.6) is 17.2 Å². The number of methoxy groups -OCH3 is 3. The number of rotatable bonds is 9. The quantitative estimate of drug-likeness (QED) is 0.503. The summed E-state index contributed by atoms with van der Waals surface area (Å²) in [5, 5.41) is 8.59. The lowest BCUT2D eigenvalue weighted by Gasteiger charge is -2.13. The Morgan fingerprint density at radius 2 is 1.57 bits per heavy atom. The van der Waals surface area contributed by atoms with Crippen LogP contribution >= 0.6 is 0 Å². The van der Waals surface area contributed by atoms with Crippen LogP contribution in [-0.2, 0) is 6.42 Å². The van der Waals surface area contributed by atoms with E-state index in [2.05, 4.69) is 41.5 Å². The number of unbranched alkanes of at least 4 members (excludes halogenated alkanes) is 2. The molecular weight excluding hydrogens is 354 g/mol. The SMILES string of the molecule is CCCCCc1ccc(-c2cn(-c3cc(OC)c(OC)c(OC)c3)nn2)cc1. The Balaban J connectivity index is 1.84. The van der Waals surface area contributed by atoms with Gasteiger partial charge in [0.05, 0.1) is 33.2 Å². The van der Waals surface area contributed by atoms with Crippen molar-refractivity contribution in [1.29, 1.82) is 0 Å². The van der Waals surface area contributed by atoms with E-state index in [-0.39, 0.29) is 0 Å². The van der Waals surface area contributed by atoms with Gasteiger partial charge >= 0.3 is 0 Å². The second kappa shape index (κ2) is 9.26. The molecule has 0 aliphatic rings. The number of benzene rings is 2. The summed E-state index contributed by atoms with van der Waals surface area (Å²) in [5.41, 5.74) is 3.99. The maximum absolute atomic E-state index is 5.42. The first-order valence-corrected chi connectivity index (χ1v) is 9.52. The second-order valence-corrected chi connectivity index (χ2v) is 6.59. The van der Waals surface area contributed by atoms with Gasteiger partial charge in [0.1, 0.15) is 5.69 Å². The van der Waals surface area contributed by atoms with Crippen LogP contribution in [0.25, 0.3) is 16.9 Å². The van der Waals surface area contributed by atoms with Crippen molar-refractivity contribution >= 4 is 0 Å². The zero-order valence-corrected chi connectivity index (χ0v) is 16.9. The molecule has 6 heteroatoms. The lowest BCUT2D eigenvalue weighted by molar-refractivity contribution is 0.324. The molecule has 0 saturated carbocycles. The molecular formula is C22H27N3O3. The molecule has 0 radical (unpaired) electrons. The van der Waals surface area contributed by atoms with E-state index in [1.165, 1.54) is 24.8 Å². The van der Waals surface area contributed by atoms with Crippen molar-refractivity contribution in [3.63, 3.8) is 0 Å². The third-order valence-electron chi connectivity index (χ3n) is 4.73. The standard InChI is InChI=1S/C22H27N3O3/c1-5-6-7-8-16-9-11-17(12-10-16)19-15-25(24-23-19)18-13-20(26-2)22(28-4)21(14-18)27-3/h9-15H,5-8H2,1-4H3. The van der Waals surface area contributed by atoms with Gasteiger partial charge in [-0.1, -0.05) is 49.2 Å². The smallest absolute Gasteiger partial charge is 0.203 e. The molecule has 0 aliphatic heterocycles. The number of ether oxygens (including phenoxy) is 3. The molecule has 148 valence electrons. The van der Waals surface area contributed by atoms with E-state index in [4.69, 9.17) is 14.2 Å². The molecule has 3 rings (SSSR count). The molecule has 3 aromatic rings. The summed E-state index contributed by atoms with van der Waals surface area (Å²) >= 11 is 0. The minimum atomic E-state index is 0.549. The first kappa shape index (κ1) is 19.7. The lowest BCUT2D eigenvalue weighted by Crippen LogP contribution is -2.00. The summed E-state index contributed by atoms with van der Waals surface area (Å²) in [6.45, 7) is 2.22. The van der Waals surface area contributed by atoms with Crippen molar-refractivity contribution < 1.29 is 14.2 Å². The van der Waals surface area contributed by atoms with Crippen LogP contribution in [0.1, 0.15) is 31.7 Å². The van der Waals surface area contributed by atoms with Gasteiger partial charge in [0.25, 0.3) is 0 Å². The fourth-order valence-corrected chi connectivity index (χ4v) is 3.14. The summed E-state index contributed by atoms with van der Waals surface area (Å²) in [7, 11) is 4.77. The fourth-order valence-electron chi connectivity index (χ4n) is 3.14. The Morgan fingerprint density at radius 3 is 2.14 bits per heavy atom. The van der Waals surface area contributed by atoms with Crippen LogP contribution in [-0.4, -0.2) is 36.3 Å². The molecule has 1 aromatic heterocycles. The summed E-state index contributed by atoms with van der Waals surface area (Å²) in [6, 6.07) is 12.2. The van der Waals surface area contributed by atoms with Crippen LogP contribution in [0.4, 0.5) is 0 Å². The van der Waals surface area contributed by atoms with Gasteiger partial charge in [-0.05, 0) is 18.4 Å². The zero-order chi connectivity index (χ0) is 19.9. The fraction of sp³-hybridized carbons (Fsp3) is 0.364. The van der Waals surface area contributed by atoms with Gasteiger partial charge in [0.2, 0.25) is 5.75 Å². The van der Waals surface area contributed by atoms with Crippen molar-refractivity contribution in [2.45, 2.75) is 32.6 Å². The summed E-state index contributed by atoms with van der Waals surface area (Å²) < 4.78 is 17.9. The van der Waals surface area contributed by atoms with E-state index in [1.807, 2.05) is 18.3 Å². The average molecular weight is 381 g/mol. The summed E-state index contributed by atoms with van der Waals surface area (Å²) in [4.78, 5) is 0. The maximum Gasteiger partial charge on any atom is 0.203 e. The number of aryl methyl sites for hydroxylation is 1. The van der Waals surface area contributed by atoms with E-state index in [9.17, 15) is 0 Å². The van der Waals surface area contributed by atoms with Crippen LogP contribution in [0.2, 0.25) is 0 Å². The van der Waals surface area contributed by atoms with Gasteiger partial charge in [-0.2, -0.15) is 0 Å². The van der Waals surface area contributed by atoms with Gasteiger partial charge in [0, 0.05) is 17.7 Å². The van der Waals surface area contributed by atoms with Crippen molar-refractivity contribution in [3.8, 4) is 34.2 Å².